The second-order valence-corrected chi connectivity index (χ2v) is 10.8. The van der Waals surface area contributed by atoms with Crippen LogP contribution in [0.2, 0.25) is 0 Å². The summed E-state index contributed by atoms with van der Waals surface area (Å²) in [6.07, 6.45) is 1.20. The Morgan fingerprint density at radius 3 is 1.93 bits per heavy atom. The first-order chi connectivity index (χ1) is 13.2. The fraction of sp³-hybridized carbons (Fsp3) is 0.375. The Bertz CT molecular complexity index is 1120. The van der Waals surface area contributed by atoms with E-state index in [1.807, 2.05) is 59.7 Å². The van der Waals surface area contributed by atoms with E-state index in [9.17, 15) is 13.2 Å². The number of sulfone groups is 1. The number of hydrogen-bond donors (Lipinski definition) is 0. The zero-order chi connectivity index (χ0) is 21.8. The zero-order valence-electron chi connectivity index (χ0n) is 18.1. The molecule has 5 heteroatoms. The standard InChI is InChI=1S/C24H28O4S/c1-15-8-9-18(17-10-12-19(13-11-17)29(7,26)27)14-20(15)21-16(2)23(3,4)28-24(5,6)22(21)25/h8-14H,1-7H3. The van der Waals surface area contributed by atoms with Gasteiger partial charge in [0.15, 0.2) is 15.6 Å². The maximum absolute atomic E-state index is 13.3. The molecule has 0 atom stereocenters. The van der Waals surface area contributed by atoms with Crippen molar-refractivity contribution in [2.75, 3.05) is 6.26 Å². The average molecular weight is 413 g/mol. The number of ether oxygens (including phenoxy) is 1. The van der Waals surface area contributed by atoms with Crippen LogP contribution >= 0.6 is 0 Å². The van der Waals surface area contributed by atoms with Crippen molar-refractivity contribution < 1.29 is 17.9 Å². The summed E-state index contributed by atoms with van der Waals surface area (Å²) in [5, 5.41) is 0. The van der Waals surface area contributed by atoms with E-state index < -0.39 is 21.0 Å². The third kappa shape index (κ3) is 3.94. The van der Waals surface area contributed by atoms with Crippen molar-refractivity contribution in [3.8, 4) is 11.1 Å². The summed E-state index contributed by atoms with van der Waals surface area (Å²) in [4.78, 5) is 13.5. The fourth-order valence-electron chi connectivity index (χ4n) is 3.82. The summed E-state index contributed by atoms with van der Waals surface area (Å²) in [5.74, 6) is -0.0259. The topological polar surface area (TPSA) is 60.4 Å². The Morgan fingerprint density at radius 1 is 0.828 bits per heavy atom. The first-order valence-corrected chi connectivity index (χ1v) is 11.5. The van der Waals surface area contributed by atoms with Crippen molar-refractivity contribution in [1.82, 2.24) is 0 Å². The molecule has 0 amide bonds. The molecular weight excluding hydrogens is 384 g/mol. The van der Waals surface area contributed by atoms with E-state index in [1.54, 1.807) is 24.3 Å². The van der Waals surface area contributed by atoms with Crippen LogP contribution in [0, 0.1) is 6.92 Å². The minimum Gasteiger partial charge on any atom is -0.357 e. The van der Waals surface area contributed by atoms with Crippen molar-refractivity contribution in [2.24, 2.45) is 0 Å². The lowest BCUT2D eigenvalue weighted by Crippen LogP contribution is -2.49. The maximum Gasteiger partial charge on any atom is 0.194 e. The summed E-state index contributed by atoms with van der Waals surface area (Å²) in [6.45, 7) is 11.5. The van der Waals surface area contributed by atoms with Gasteiger partial charge in [0.05, 0.1) is 10.5 Å². The summed E-state index contributed by atoms with van der Waals surface area (Å²) in [7, 11) is -3.24. The van der Waals surface area contributed by atoms with Crippen LogP contribution in [-0.2, 0) is 19.4 Å². The Kier molecular flexibility index (Phi) is 5.13. The highest BCUT2D eigenvalue weighted by Gasteiger charge is 2.45. The lowest BCUT2D eigenvalue weighted by atomic mass is 9.78. The quantitative estimate of drug-likeness (QED) is 0.712. The number of hydrogen-bond acceptors (Lipinski definition) is 4. The third-order valence-corrected chi connectivity index (χ3v) is 6.81. The summed E-state index contributed by atoms with van der Waals surface area (Å²) in [5.41, 5.74) is 3.90. The monoisotopic (exact) mass is 412 g/mol. The number of rotatable bonds is 3. The molecule has 0 fully saturated rings. The highest BCUT2D eigenvalue weighted by Crippen LogP contribution is 2.42. The molecule has 154 valence electrons. The molecule has 0 unspecified atom stereocenters. The van der Waals surface area contributed by atoms with E-state index in [1.165, 1.54) is 6.26 Å². The SMILES string of the molecule is CC1=C(c2cc(-c3ccc(S(C)(=O)=O)cc3)ccc2C)C(=O)C(C)(C)OC1(C)C. The van der Waals surface area contributed by atoms with Crippen molar-refractivity contribution in [2.45, 2.75) is 57.6 Å². The first-order valence-electron chi connectivity index (χ1n) is 9.62. The van der Waals surface area contributed by atoms with Crippen molar-refractivity contribution in [3.05, 3.63) is 59.2 Å². The van der Waals surface area contributed by atoms with E-state index in [2.05, 4.69) is 0 Å². The number of carbonyl (C=O) groups excluding carboxylic acids is 1. The first kappa shape index (κ1) is 21.5. The van der Waals surface area contributed by atoms with Crippen LogP contribution in [0.25, 0.3) is 16.7 Å². The van der Waals surface area contributed by atoms with E-state index in [0.29, 0.717) is 5.57 Å². The van der Waals surface area contributed by atoms with Crippen LogP contribution in [-0.4, -0.2) is 31.7 Å². The van der Waals surface area contributed by atoms with Gasteiger partial charge >= 0.3 is 0 Å². The molecule has 2 aromatic carbocycles. The van der Waals surface area contributed by atoms with Crippen LogP contribution < -0.4 is 0 Å². The van der Waals surface area contributed by atoms with Crippen LogP contribution in [0.15, 0.2) is 52.9 Å². The highest BCUT2D eigenvalue weighted by atomic mass is 32.2. The predicted molar refractivity (Wildman–Crippen MR) is 117 cm³/mol. The second-order valence-electron chi connectivity index (χ2n) is 8.78. The minimum absolute atomic E-state index is 0.0259. The summed E-state index contributed by atoms with van der Waals surface area (Å²) in [6, 6.07) is 12.8. The van der Waals surface area contributed by atoms with Gasteiger partial charge in [-0.15, -0.1) is 0 Å². The van der Waals surface area contributed by atoms with Crippen LogP contribution in [0.5, 0.6) is 0 Å². The molecule has 0 saturated heterocycles. The highest BCUT2D eigenvalue weighted by molar-refractivity contribution is 7.90. The summed E-state index contributed by atoms with van der Waals surface area (Å²) >= 11 is 0. The van der Waals surface area contributed by atoms with Gasteiger partial charge in [-0.2, -0.15) is 0 Å². The van der Waals surface area contributed by atoms with Crippen molar-refractivity contribution >= 4 is 21.2 Å². The van der Waals surface area contributed by atoms with Gasteiger partial charge in [0, 0.05) is 11.8 Å². The van der Waals surface area contributed by atoms with Gasteiger partial charge in [-0.1, -0.05) is 24.3 Å². The van der Waals surface area contributed by atoms with E-state index in [-0.39, 0.29) is 10.7 Å². The average Bonchev–Trinajstić information content (AvgIpc) is 2.60. The second kappa shape index (κ2) is 6.92. The van der Waals surface area contributed by atoms with Gasteiger partial charge in [0.1, 0.15) is 5.60 Å². The molecule has 0 aromatic heterocycles. The molecule has 29 heavy (non-hydrogen) atoms. The molecule has 0 radical (unpaired) electrons. The molecule has 4 nitrogen and oxygen atoms in total. The molecule has 1 aliphatic heterocycles. The Balaban J connectivity index is 2.16. The normalized spacial score (nSPS) is 18.8. The largest absolute Gasteiger partial charge is 0.357 e. The molecule has 0 spiro atoms. The third-order valence-electron chi connectivity index (χ3n) is 5.68. The Morgan fingerprint density at radius 2 is 1.38 bits per heavy atom. The smallest absolute Gasteiger partial charge is 0.194 e. The number of aryl methyl sites for hydroxylation is 1. The van der Waals surface area contributed by atoms with Crippen molar-refractivity contribution in [3.63, 3.8) is 0 Å². The molecule has 0 bridgehead atoms. The van der Waals surface area contributed by atoms with Crippen molar-refractivity contribution in [1.29, 1.82) is 0 Å². The zero-order valence-corrected chi connectivity index (χ0v) is 18.9. The van der Waals surface area contributed by atoms with Gasteiger partial charge in [-0.3, -0.25) is 4.79 Å². The molecule has 2 aromatic rings. The van der Waals surface area contributed by atoms with E-state index >= 15 is 0 Å². The van der Waals surface area contributed by atoms with Gasteiger partial charge in [-0.25, -0.2) is 8.42 Å². The minimum atomic E-state index is -3.24. The molecule has 1 heterocycles. The molecule has 0 aliphatic carbocycles. The van der Waals surface area contributed by atoms with E-state index in [4.69, 9.17) is 4.74 Å². The number of carbonyl (C=O) groups is 1. The molecular formula is C24H28O4S. The van der Waals surface area contributed by atoms with Gasteiger partial charge in [-0.05, 0) is 87.6 Å². The maximum atomic E-state index is 13.3. The number of ketones is 1. The van der Waals surface area contributed by atoms with Crippen LogP contribution in [0.3, 0.4) is 0 Å². The fourth-order valence-corrected chi connectivity index (χ4v) is 4.45. The van der Waals surface area contributed by atoms with Crippen LogP contribution in [0.1, 0.15) is 45.7 Å². The molecule has 3 rings (SSSR count). The summed E-state index contributed by atoms with van der Waals surface area (Å²) < 4.78 is 29.5. The van der Waals surface area contributed by atoms with Gasteiger partial charge in [0.2, 0.25) is 0 Å². The molecule has 1 aliphatic rings. The van der Waals surface area contributed by atoms with Gasteiger partial charge in [0.25, 0.3) is 0 Å². The van der Waals surface area contributed by atoms with Gasteiger partial charge < -0.3 is 4.74 Å². The predicted octanol–water partition coefficient (Wildman–Crippen LogP) is 5.00. The number of Topliss-reactive ketones (excluding diaryl/α,β-unsaturated/α-hetero) is 1. The van der Waals surface area contributed by atoms with E-state index in [0.717, 1.165) is 27.8 Å². The molecule has 0 saturated carbocycles. The Hall–Kier alpha value is -2.24. The lowest BCUT2D eigenvalue weighted by molar-refractivity contribution is -0.152. The Labute approximate surface area is 173 Å². The van der Waals surface area contributed by atoms with Crippen LogP contribution in [0.4, 0.5) is 0 Å². The lowest BCUT2D eigenvalue weighted by Gasteiger charge is -2.42. The molecule has 0 N–H and O–H groups in total. The number of benzene rings is 2.